The quantitative estimate of drug-likeness (QED) is 0.852. The minimum Gasteiger partial charge on any atom is -0.393 e. The van der Waals surface area contributed by atoms with Crippen molar-refractivity contribution in [2.45, 2.75) is 32.4 Å². The van der Waals surface area contributed by atoms with Gasteiger partial charge in [0.25, 0.3) is 5.91 Å². The third kappa shape index (κ3) is 3.26. The Morgan fingerprint density at radius 1 is 1.35 bits per heavy atom. The van der Waals surface area contributed by atoms with Crippen LogP contribution in [-0.2, 0) is 0 Å². The van der Waals surface area contributed by atoms with Crippen LogP contribution in [0.2, 0.25) is 5.15 Å². The van der Waals surface area contributed by atoms with Gasteiger partial charge < -0.3 is 10.4 Å². The van der Waals surface area contributed by atoms with E-state index in [1.165, 1.54) is 6.20 Å². The lowest BCUT2D eigenvalue weighted by molar-refractivity contribution is 0.0924. The SMILES string of the molecule is CC(O)CC(C)NC(=O)c1cnc(Cl)c2ccccc12. The van der Waals surface area contributed by atoms with Gasteiger partial charge in [-0.25, -0.2) is 4.98 Å². The summed E-state index contributed by atoms with van der Waals surface area (Å²) in [5, 5.41) is 14.1. The van der Waals surface area contributed by atoms with Crippen molar-refractivity contribution in [2.75, 3.05) is 0 Å². The summed E-state index contributed by atoms with van der Waals surface area (Å²) in [6.07, 6.45) is 1.53. The summed E-state index contributed by atoms with van der Waals surface area (Å²) in [6.45, 7) is 3.55. The van der Waals surface area contributed by atoms with Crippen LogP contribution in [0.3, 0.4) is 0 Å². The van der Waals surface area contributed by atoms with Crippen LogP contribution >= 0.6 is 11.6 Å². The van der Waals surface area contributed by atoms with Crippen molar-refractivity contribution in [1.82, 2.24) is 10.3 Å². The zero-order valence-electron chi connectivity index (χ0n) is 11.4. The highest BCUT2D eigenvalue weighted by atomic mass is 35.5. The monoisotopic (exact) mass is 292 g/mol. The van der Waals surface area contributed by atoms with Gasteiger partial charge in [0.2, 0.25) is 0 Å². The van der Waals surface area contributed by atoms with E-state index >= 15 is 0 Å². The highest BCUT2D eigenvalue weighted by Crippen LogP contribution is 2.24. The predicted octanol–water partition coefficient (Wildman–Crippen LogP) is 2.78. The number of aromatic nitrogens is 1. The molecule has 0 aliphatic carbocycles. The van der Waals surface area contributed by atoms with Crippen molar-refractivity contribution < 1.29 is 9.90 Å². The second kappa shape index (κ2) is 6.20. The average Bonchev–Trinajstić information content (AvgIpc) is 2.38. The molecule has 1 aromatic heterocycles. The van der Waals surface area contributed by atoms with Crippen LogP contribution in [0, 0.1) is 0 Å². The smallest absolute Gasteiger partial charge is 0.253 e. The number of hydrogen-bond donors (Lipinski definition) is 2. The zero-order chi connectivity index (χ0) is 14.7. The number of pyridine rings is 1. The molecule has 1 aromatic carbocycles. The fourth-order valence-electron chi connectivity index (χ4n) is 2.21. The Labute approximate surface area is 122 Å². The molecule has 0 spiro atoms. The third-order valence-corrected chi connectivity index (χ3v) is 3.36. The third-order valence-electron chi connectivity index (χ3n) is 3.06. The second-order valence-electron chi connectivity index (χ2n) is 4.97. The number of benzene rings is 1. The van der Waals surface area contributed by atoms with Crippen molar-refractivity contribution in [3.63, 3.8) is 0 Å². The first kappa shape index (κ1) is 14.8. The number of carbonyl (C=O) groups is 1. The van der Waals surface area contributed by atoms with Crippen LogP contribution in [0.4, 0.5) is 0 Å². The number of carbonyl (C=O) groups excluding carboxylic acids is 1. The largest absolute Gasteiger partial charge is 0.393 e. The molecular formula is C15H17ClN2O2. The molecule has 2 unspecified atom stereocenters. The first-order chi connectivity index (χ1) is 9.49. The van der Waals surface area contributed by atoms with Gasteiger partial charge in [0.15, 0.2) is 0 Å². The van der Waals surface area contributed by atoms with Crippen LogP contribution in [0.1, 0.15) is 30.6 Å². The molecule has 2 aromatic rings. The van der Waals surface area contributed by atoms with Crippen molar-refractivity contribution >= 4 is 28.3 Å². The molecule has 0 radical (unpaired) electrons. The number of aliphatic hydroxyl groups excluding tert-OH is 1. The summed E-state index contributed by atoms with van der Waals surface area (Å²) in [6, 6.07) is 7.28. The molecule has 2 rings (SSSR count). The van der Waals surface area contributed by atoms with E-state index in [-0.39, 0.29) is 11.9 Å². The summed E-state index contributed by atoms with van der Waals surface area (Å²) in [5.74, 6) is -0.210. The van der Waals surface area contributed by atoms with E-state index in [0.29, 0.717) is 17.1 Å². The molecule has 5 heteroatoms. The maximum atomic E-state index is 12.3. The molecular weight excluding hydrogens is 276 g/mol. The molecule has 0 aliphatic rings. The van der Waals surface area contributed by atoms with Gasteiger partial charge in [-0.2, -0.15) is 0 Å². The Morgan fingerprint density at radius 3 is 2.65 bits per heavy atom. The minimum absolute atomic E-state index is 0.114. The van der Waals surface area contributed by atoms with E-state index in [4.69, 9.17) is 11.6 Å². The molecule has 2 atom stereocenters. The average molecular weight is 293 g/mol. The van der Waals surface area contributed by atoms with Gasteiger partial charge in [0.05, 0.1) is 11.7 Å². The summed E-state index contributed by atoms with van der Waals surface area (Å²) >= 11 is 6.03. The lowest BCUT2D eigenvalue weighted by atomic mass is 10.1. The Bertz CT molecular complexity index is 628. The van der Waals surface area contributed by atoms with E-state index < -0.39 is 6.10 Å². The second-order valence-corrected chi connectivity index (χ2v) is 5.33. The predicted molar refractivity (Wildman–Crippen MR) is 80.0 cm³/mol. The Morgan fingerprint density at radius 2 is 2.00 bits per heavy atom. The number of amides is 1. The highest BCUT2D eigenvalue weighted by molar-refractivity contribution is 6.34. The maximum absolute atomic E-state index is 12.3. The molecule has 2 N–H and O–H groups in total. The van der Waals surface area contributed by atoms with E-state index in [1.54, 1.807) is 6.92 Å². The normalized spacial score (nSPS) is 14.0. The fraction of sp³-hybridized carbons (Fsp3) is 0.333. The van der Waals surface area contributed by atoms with Crippen LogP contribution in [0.5, 0.6) is 0 Å². The number of nitrogens with one attached hydrogen (secondary N) is 1. The van der Waals surface area contributed by atoms with Crippen molar-refractivity contribution in [3.8, 4) is 0 Å². The van der Waals surface area contributed by atoms with Gasteiger partial charge in [-0.15, -0.1) is 0 Å². The molecule has 0 bridgehead atoms. The molecule has 0 saturated heterocycles. The van der Waals surface area contributed by atoms with Gasteiger partial charge in [-0.3, -0.25) is 4.79 Å². The lowest BCUT2D eigenvalue weighted by Crippen LogP contribution is -2.34. The van der Waals surface area contributed by atoms with Crippen LogP contribution in [-0.4, -0.2) is 28.1 Å². The summed E-state index contributed by atoms with van der Waals surface area (Å²) in [5.41, 5.74) is 0.488. The van der Waals surface area contributed by atoms with E-state index in [2.05, 4.69) is 10.3 Å². The molecule has 0 aliphatic heterocycles. The van der Waals surface area contributed by atoms with Crippen LogP contribution < -0.4 is 5.32 Å². The molecule has 1 amide bonds. The topological polar surface area (TPSA) is 62.2 Å². The molecule has 0 fully saturated rings. The molecule has 20 heavy (non-hydrogen) atoms. The van der Waals surface area contributed by atoms with Gasteiger partial charge in [-0.05, 0) is 25.7 Å². The van der Waals surface area contributed by atoms with Gasteiger partial charge >= 0.3 is 0 Å². The van der Waals surface area contributed by atoms with Gasteiger partial charge in [0.1, 0.15) is 5.15 Å². The minimum atomic E-state index is -0.453. The van der Waals surface area contributed by atoms with Gasteiger partial charge in [-0.1, -0.05) is 35.9 Å². The van der Waals surface area contributed by atoms with E-state index in [9.17, 15) is 9.90 Å². The first-order valence-electron chi connectivity index (χ1n) is 6.51. The summed E-state index contributed by atoms with van der Waals surface area (Å²) in [4.78, 5) is 16.3. The van der Waals surface area contributed by atoms with Crippen molar-refractivity contribution in [3.05, 3.63) is 41.2 Å². The highest BCUT2D eigenvalue weighted by Gasteiger charge is 2.15. The Kier molecular flexibility index (Phi) is 4.57. The summed E-state index contributed by atoms with van der Waals surface area (Å²) in [7, 11) is 0. The fourth-order valence-corrected chi connectivity index (χ4v) is 2.42. The van der Waals surface area contributed by atoms with Crippen LogP contribution in [0.25, 0.3) is 10.8 Å². The molecule has 0 saturated carbocycles. The number of aliphatic hydroxyl groups is 1. The zero-order valence-corrected chi connectivity index (χ0v) is 12.2. The van der Waals surface area contributed by atoms with Crippen molar-refractivity contribution in [2.24, 2.45) is 0 Å². The first-order valence-corrected chi connectivity index (χ1v) is 6.89. The number of fused-ring (bicyclic) bond motifs is 1. The maximum Gasteiger partial charge on any atom is 0.253 e. The Balaban J connectivity index is 2.29. The molecule has 106 valence electrons. The molecule has 4 nitrogen and oxygen atoms in total. The molecule has 1 heterocycles. The number of halogens is 1. The van der Waals surface area contributed by atoms with Crippen LogP contribution in [0.15, 0.2) is 30.5 Å². The lowest BCUT2D eigenvalue weighted by Gasteiger charge is -2.16. The van der Waals surface area contributed by atoms with E-state index in [1.807, 2.05) is 31.2 Å². The Hall–Kier alpha value is -1.65. The summed E-state index contributed by atoms with van der Waals surface area (Å²) < 4.78 is 0. The number of nitrogens with zero attached hydrogens (tertiary/aromatic N) is 1. The van der Waals surface area contributed by atoms with Crippen molar-refractivity contribution in [1.29, 1.82) is 0 Å². The number of hydrogen-bond acceptors (Lipinski definition) is 3. The van der Waals surface area contributed by atoms with E-state index in [0.717, 1.165) is 10.8 Å². The standard InChI is InChI=1S/C15H17ClN2O2/c1-9(7-10(2)19)18-15(20)13-8-17-14(16)12-6-4-3-5-11(12)13/h3-6,8-10,19H,7H2,1-2H3,(H,18,20). The number of rotatable bonds is 4. The van der Waals surface area contributed by atoms with Gasteiger partial charge in [0, 0.05) is 17.6 Å².